The van der Waals surface area contributed by atoms with Crippen molar-refractivity contribution in [3.8, 4) is 11.5 Å². The highest BCUT2D eigenvalue weighted by Crippen LogP contribution is 2.25. The van der Waals surface area contributed by atoms with Crippen LogP contribution in [-0.2, 0) is 6.42 Å². The van der Waals surface area contributed by atoms with Crippen LogP contribution in [0.25, 0.3) is 22.6 Å². The Bertz CT molecular complexity index is 686. The molecule has 90 valence electrons. The van der Waals surface area contributed by atoms with E-state index in [1.54, 1.807) is 18.3 Å². The van der Waals surface area contributed by atoms with Gasteiger partial charge in [0.2, 0.25) is 5.89 Å². The summed E-state index contributed by atoms with van der Waals surface area (Å²) < 4.78 is 5.68. The number of pyridine rings is 1. The third-order valence-corrected chi connectivity index (χ3v) is 2.85. The maximum absolute atomic E-state index is 5.72. The molecule has 0 saturated carbocycles. The molecule has 3 aromatic rings. The van der Waals surface area contributed by atoms with Gasteiger partial charge in [0.25, 0.3) is 0 Å². The van der Waals surface area contributed by atoms with Crippen molar-refractivity contribution in [2.45, 2.75) is 13.3 Å². The van der Waals surface area contributed by atoms with Gasteiger partial charge in [-0.3, -0.25) is 4.98 Å². The predicted octanol–water partition coefficient (Wildman–Crippen LogP) is 3.03. The number of hydrogen-bond acceptors (Lipinski definition) is 4. The van der Waals surface area contributed by atoms with Crippen molar-refractivity contribution < 1.29 is 4.42 Å². The molecule has 0 spiro atoms. The van der Waals surface area contributed by atoms with Crippen LogP contribution in [0.1, 0.15) is 12.6 Å². The molecule has 0 radical (unpaired) electrons. The minimum absolute atomic E-state index is 0.575. The van der Waals surface area contributed by atoms with Crippen LogP contribution >= 0.6 is 0 Å². The Morgan fingerprint density at radius 2 is 2.11 bits per heavy atom. The normalized spacial score (nSPS) is 10.9. The molecule has 18 heavy (non-hydrogen) atoms. The van der Waals surface area contributed by atoms with E-state index in [2.05, 4.69) is 16.9 Å². The molecule has 0 fully saturated rings. The van der Waals surface area contributed by atoms with Gasteiger partial charge in [0.05, 0.1) is 5.56 Å². The zero-order valence-corrected chi connectivity index (χ0v) is 10.1. The van der Waals surface area contributed by atoms with Crippen LogP contribution in [0.15, 0.2) is 40.9 Å². The van der Waals surface area contributed by atoms with E-state index in [0.717, 1.165) is 28.8 Å². The Kier molecular flexibility index (Phi) is 2.48. The zero-order chi connectivity index (χ0) is 12.5. The number of nitrogens with zero attached hydrogens (tertiary/aromatic N) is 2. The fourth-order valence-corrected chi connectivity index (χ4v) is 1.83. The van der Waals surface area contributed by atoms with Gasteiger partial charge >= 0.3 is 0 Å². The Balaban J connectivity index is 2.07. The highest BCUT2D eigenvalue weighted by atomic mass is 16.3. The maximum Gasteiger partial charge on any atom is 0.228 e. The molecule has 0 aliphatic heterocycles. The predicted molar refractivity (Wildman–Crippen MR) is 71.0 cm³/mol. The molecule has 2 aromatic heterocycles. The number of benzene rings is 1. The number of nitrogen functional groups attached to an aromatic ring is 1. The van der Waals surface area contributed by atoms with Crippen LogP contribution in [0.2, 0.25) is 0 Å². The summed E-state index contributed by atoms with van der Waals surface area (Å²) in [4.78, 5) is 8.75. The number of nitrogens with two attached hydrogens (primary N) is 1. The van der Waals surface area contributed by atoms with Gasteiger partial charge in [-0.05, 0) is 36.8 Å². The lowest BCUT2D eigenvalue weighted by Crippen LogP contribution is -1.86. The molecule has 2 heterocycles. The van der Waals surface area contributed by atoms with Crippen molar-refractivity contribution in [2.75, 3.05) is 5.73 Å². The molecule has 0 saturated heterocycles. The van der Waals surface area contributed by atoms with Gasteiger partial charge in [-0.25, -0.2) is 4.98 Å². The van der Waals surface area contributed by atoms with Crippen molar-refractivity contribution in [1.82, 2.24) is 9.97 Å². The van der Waals surface area contributed by atoms with Crippen molar-refractivity contribution in [2.24, 2.45) is 0 Å². The average molecular weight is 239 g/mol. The van der Waals surface area contributed by atoms with Gasteiger partial charge in [-0.1, -0.05) is 6.92 Å². The Morgan fingerprint density at radius 3 is 2.83 bits per heavy atom. The summed E-state index contributed by atoms with van der Waals surface area (Å²) in [6.45, 7) is 2.07. The molecular weight excluding hydrogens is 226 g/mol. The minimum atomic E-state index is 0.575. The third-order valence-electron chi connectivity index (χ3n) is 2.85. The average Bonchev–Trinajstić information content (AvgIpc) is 2.81. The second-order valence-electron chi connectivity index (χ2n) is 4.14. The standard InChI is InChI=1S/C14H13N3O/c1-2-11-5-3-9(8-16-11)14-17-12-7-10(15)4-6-13(12)18-14/h3-8H,2,15H2,1H3. The summed E-state index contributed by atoms with van der Waals surface area (Å²) in [6.07, 6.45) is 2.71. The molecule has 0 aliphatic rings. The van der Waals surface area contributed by atoms with E-state index in [1.807, 2.05) is 18.2 Å². The Morgan fingerprint density at radius 1 is 1.22 bits per heavy atom. The van der Waals surface area contributed by atoms with Gasteiger partial charge in [0.15, 0.2) is 5.58 Å². The molecule has 4 nitrogen and oxygen atoms in total. The number of aromatic nitrogens is 2. The van der Waals surface area contributed by atoms with Crippen LogP contribution < -0.4 is 5.73 Å². The molecule has 4 heteroatoms. The monoisotopic (exact) mass is 239 g/mol. The number of oxazole rings is 1. The largest absolute Gasteiger partial charge is 0.436 e. The smallest absolute Gasteiger partial charge is 0.228 e. The number of hydrogen-bond donors (Lipinski definition) is 1. The lowest BCUT2D eigenvalue weighted by Gasteiger charge is -1.96. The van der Waals surface area contributed by atoms with Crippen LogP contribution in [0.4, 0.5) is 5.69 Å². The summed E-state index contributed by atoms with van der Waals surface area (Å²) in [5.41, 5.74) is 9.83. The molecule has 1 aromatic carbocycles. The lowest BCUT2D eigenvalue weighted by atomic mass is 10.2. The molecule has 0 amide bonds. The lowest BCUT2D eigenvalue weighted by molar-refractivity contribution is 0.619. The van der Waals surface area contributed by atoms with Gasteiger partial charge in [-0.15, -0.1) is 0 Å². The minimum Gasteiger partial charge on any atom is -0.436 e. The Hall–Kier alpha value is -2.36. The van der Waals surface area contributed by atoms with E-state index in [1.165, 1.54) is 0 Å². The molecule has 0 unspecified atom stereocenters. The van der Waals surface area contributed by atoms with E-state index in [-0.39, 0.29) is 0 Å². The quantitative estimate of drug-likeness (QED) is 0.698. The summed E-state index contributed by atoms with van der Waals surface area (Å²) >= 11 is 0. The first-order chi connectivity index (χ1) is 8.76. The van der Waals surface area contributed by atoms with Gasteiger partial charge < -0.3 is 10.2 Å². The second kappa shape index (κ2) is 4.14. The van der Waals surface area contributed by atoms with Crippen molar-refractivity contribution in [1.29, 1.82) is 0 Å². The first-order valence-electron chi connectivity index (χ1n) is 5.87. The van der Waals surface area contributed by atoms with Crippen LogP contribution in [0.5, 0.6) is 0 Å². The van der Waals surface area contributed by atoms with Crippen molar-refractivity contribution in [3.63, 3.8) is 0 Å². The fourth-order valence-electron chi connectivity index (χ4n) is 1.83. The zero-order valence-electron chi connectivity index (χ0n) is 10.1. The van der Waals surface area contributed by atoms with E-state index in [0.29, 0.717) is 11.6 Å². The number of rotatable bonds is 2. The SMILES string of the molecule is CCc1ccc(-c2nc3cc(N)ccc3o2)cn1. The van der Waals surface area contributed by atoms with Crippen LogP contribution in [-0.4, -0.2) is 9.97 Å². The molecule has 0 aliphatic carbocycles. The highest BCUT2D eigenvalue weighted by molar-refractivity contribution is 5.79. The Labute approximate surface area is 104 Å². The molecular formula is C14H13N3O. The number of aryl methyl sites for hydroxylation is 1. The topological polar surface area (TPSA) is 64.9 Å². The van der Waals surface area contributed by atoms with E-state index < -0.39 is 0 Å². The van der Waals surface area contributed by atoms with E-state index >= 15 is 0 Å². The fraction of sp³-hybridized carbons (Fsp3) is 0.143. The van der Waals surface area contributed by atoms with Gasteiger partial charge in [-0.2, -0.15) is 0 Å². The maximum atomic E-state index is 5.72. The highest BCUT2D eigenvalue weighted by Gasteiger charge is 2.08. The van der Waals surface area contributed by atoms with E-state index in [4.69, 9.17) is 10.2 Å². The van der Waals surface area contributed by atoms with Crippen molar-refractivity contribution in [3.05, 3.63) is 42.2 Å². The number of fused-ring (bicyclic) bond motifs is 1. The molecule has 3 rings (SSSR count). The summed E-state index contributed by atoms with van der Waals surface area (Å²) in [5.74, 6) is 0.575. The van der Waals surface area contributed by atoms with Gasteiger partial charge in [0, 0.05) is 17.6 Å². The second-order valence-corrected chi connectivity index (χ2v) is 4.14. The molecule has 2 N–H and O–H groups in total. The third kappa shape index (κ3) is 1.82. The first-order valence-corrected chi connectivity index (χ1v) is 5.87. The molecule has 0 bridgehead atoms. The summed E-state index contributed by atoms with van der Waals surface area (Å²) in [5, 5.41) is 0. The molecule has 0 atom stereocenters. The summed E-state index contributed by atoms with van der Waals surface area (Å²) in [6, 6.07) is 9.39. The summed E-state index contributed by atoms with van der Waals surface area (Å²) in [7, 11) is 0. The van der Waals surface area contributed by atoms with Gasteiger partial charge in [0.1, 0.15) is 5.52 Å². The number of anilines is 1. The first kappa shape index (κ1) is 10.8. The van der Waals surface area contributed by atoms with E-state index in [9.17, 15) is 0 Å². The van der Waals surface area contributed by atoms with Crippen LogP contribution in [0.3, 0.4) is 0 Å². The van der Waals surface area contributed by atoms with Crippen molar-refractivity contribution >= 4 is 16.8 Å². The van der Waals surface area contributed by atoms with Crippen LogP contribution in [0, 0.1) is 0 Å².